The molecule has 0 spiro atoms. The Morgan fingerprint density at radius 1 is 1.58 bits per heavy atom. The van der Waals surface area contributed by atoms with Crippen LogP contribution in [-0.2, 0) is 9.59 Å². The number of rotatable bonds is 5. The van der Waals surface area contributed by atoms with E-state index in [-0.39, 0.29) is 22.8 Å². The van der Waals surface area contributed by atoms with Gasteiger partial charge in [0.25, 0.3) is 0 Å². The number of carbonyl (C=O) groups is 2. The highest BCUT2D eigenvalue weighted by molar-refractivity contribution is 8.00. The molecule has 3 atom stereocenters. The van der Waals surface area contributed by atoms with E-state index in [4.69, 9.17) is 0 Å². The van der Waals surface area contributed by atoms with Gasteiger partial charge in [0.05, 0.1) is 6.42 Å². The zero-order valence-corrected chi connectivity index (χ0v) is 12.2. The lowest BCUT2D eigenvalue weighted by molar-refractivity contribution is -0.130. The van der Waals surface area contributed by atoms with Crippen LogP contribution in [0.2, 0.25) is 0 Å². The molecule has 0 aromatic heterocycles. The Hall–Kier alpha value is -1.08. The quantitative estimate of drug-likeness (QED) is 0.590. The summed E-state index contributed by atoms with van der Waals surface area (Å²) in [4.78, 5) is 32.5. The summed E-state index contributed by atoms with van der Waals surface area (Å²) in [7, 11) is 1.52. The van der Waals surface area contributed by atoms with Crippen LogP contribution in [0.1, 0.15) is 26.7 Å². The molecule has 0 heterocycles. The van der Waals surface area contributed by atoms with Crippen LogP contribution in [0.3, 0.4) is 0 Å². The van der Waals surface area contributed by atoms with Gasteiger partial charge in [0.15, 0.2) is 6.10 Å². The smallest absolute Gasteiger partial charge is 0.322 e. The summed E-state index contributed by atoms with van der Waals surface area (Å²) in [6, 6.07) is 0. The molecule has 0 saturated heterocycles. The zero-order chi connectivity index (χ0) is 14.6. The highest BCUT2D eigenvalue weighted by atomic mass is 32.2. The SMILES string of the molecule is CNC(=O)C(C)(CS[C@H]1CC(=[OH+])C(O)C1)NC(C)=O. The lowest BCUT2D eigenvalue weighted by Gasteiger charge is -2.29. The average Bonchev–Trinajstić information content (AvgIpc) is 2.64. The minimum absolute atomic E-state index is 0.0627. The summed E-state index contributed by atoms with van der Waals surface area (Å²) in [5, 5.41) is 14.7. The Kier molecular flexibility index (Phi) is 5.37. The molecule has 0 aromatic carbocycles. The summed E-state index contributed by atoms with van der Waals surface area (Å²) in [5.74, 6) is -0.0510. The van der Waals surface area contributed by atoms with E-state index >= 15 is 0 Å². The van der Waals surface area contributed by atoms with Gasteiger partial charge in [-0.3, -0.25) is 14.4 Å². The topological polar surface area (TPSA) is 99.8 Å². The molecule has 19 heavy (non-hydrogen) atoms. The van der Waals surface area contributed by atoms with Crippen LogP contribution in [0.4, 0.5) is 0 Å². The number of hydrogen-bond acceptors (Lipinski definition) is 4. The molecule has 1 aliphatic rings. The van der Waals surface area contributed by atoms with Crippen LogP contribution in [0, 0.1) is 0 Å². The molecule has 1 saturated carbocycles. The van der Waals surface area contributed by atoms with Gasteiger partial charge in [0.2, 0.25) is 11.8 Å². The van der Waals surface area contributed by atoms with Gasteiger partial charge in [0, 0.05) is 25.0 Å². The predicted molar refractivity (Wildman–Crippen MR) is 74.7 cm³/mol. The first kappa shape index (κ1) is 16.0. The molecule has 2 amide bonds. The molecule has 2 unspecified atom stereocenters. The summed E-state index contributed by atoms with van der Waals surface area (Å²) in [5.41, 5.74) is -0.992. The second-order valence-electron chi connectivity index (χ2n) is 4.97. The number of aliphatic hydroxyl groups excluding tert-OH is 1. The van der Waals surface area contributed by atoms with Crippen molar-refractivity contribution < 1.29 is 19.5 Å². The highest BCUT2D eigenvalue weighted by Crippen LogP contribution is 2.30. The number of thioether (sulfide) groups is 1. The first-order valence-corrected chi connectivity index (χ1v) is 7.18. The first-order chi connectivity index (χ1) is 8.78. The van der Waals surface area contributed by atoms with Crippen molar-refractivity contribution in [3.8, 4) is 0 Å². The van der Waals surface area contributed by atoms with Crippen molar-refractivity contribution in [2.75, 3.05) is 12.8 Å². The van der Waals surface area contributed by atoms with E-state index in [1.165, 1.54) is 25.7 Å². The van der Waals surface area contributed by atoms with Crippen molar-refractivity contribution >= 4 is 29.4 Å². The fourth-order valence-electron chi connectivity index (χ4n) is 2.07. The Labute approximate surface area is 116 Å². The van der Waals surface area contributed by atoms with Crippen LogP contribution in [0.25, 0.3) is 0 Å². The van der Waals surface area contributed by atoms with Gasteiger partial charge >= 0.3 is 5.78 Å². The lowest BCUT2D eigenvalue weighted by atomic mass is 10.0. The van der Waals surface area contributed by atoms with Crippen molar-refractivity contribution in [2.45, 2.75) is 43.6 Å². The second-order valence-corrected chi connectivity index (χ2v) is 6.26. The number of ketones is 1. The third-order valence-corrected chi connectivity index (χ3v) is 4.67. The molecule has 4 N–H and O–H groups in total. The largest absolute Gasteiger partial charge is 0.380 e. The van der Waals surface area contributed by atoms with Crippen LogP contribution in [0.15, 0.2) is 0 Å². The fourth-order valence-corrected chi connectivity index (χ4v) is 3.45. The third-order valence-electron chi connectivity index (χ3n) is 3.10. The maximum atomic E-state index is 11.9. The van der Waals surface area contributed by atoms with Gasteiger partial charge in [-0.2, -0.15) is 11.8 Å². The van der Waals surface area contributed by atoms with Crippen molar-refractivity contribution in [3.05, 3.63) is 0 Å². The van der Waals surface area contributed by atoms with Gasteiger partial charge in [-0.15, -0.1) is 0 Å². The Morgan fingerprint density at radius 2 is 2.21 bits per heavy atom. The van der Waals surface area contributed by atoms with E-state index in [1.54, 1.807) is 6.92 Å². The van der Waals surface area contributed by atoms with E-state index < -0.39 is 11.6 Å². The summed E-state index contributed by atoms with van der Waals surface area (Å²) in [6.45, 7) is 3.03. The number of amides is 2. The Balaban J connectivity index is 2.61. The van der Waals surface area contributed by atoms with Crippen LogP contribution in [-0.4, -0.2) is 57.2 Å². The predicted octanol–water partition coefficient (Wildman–Crippen LogP) is -0.571. The number of aliphatic hydroxyl groups is 1. The number of carbonyl (C=O) groups excluding carboxylic acids is 3. The van der Waals surface area contributed by atoms with E-state index in [9.17, 15) is 19.5 Å². The van der Waals surface area contributed by atoms with E-state index in [1.807, 2.05) is 0 Å². The number of nitrogens with one attached hydrogen (secondary N) is 2. The van der Waals surface area contributed by atoms with Gasteiger partial charge in [0.1, 0.15) is 5.54 Å². The molecule has 1 aliphatic carbocycles. The minimum atomic E-state index is -0.992. The normalized spacial score (nSPS) is 25.8. The highest BCUT2D eigenvalue weighted by Gasteiger charge is 2.39. The number of likely N-dealkylation sites (N-methyl/N-ethyl adjacent to an activating group) is 1. The molecular formula is C12H21N2O4S+. The van der Waals surface area contributed by atoms with Crippen LogP contribution in [0.5, 0.6) is 0 Å². The third kappa shape index (κ3) is 4.21. The van der Waals surface area contributed by atoms with Crippen LogP contribution < -0.4 is 10.6 Å². The number of hydrogen-bond donors (Lipinski definition) is 3. The molecule has 1 rings (SSSR count). The summed E-state index contributed by atoms with van der Waals surface area (Å²) >= 11 is 1.47. The van der Waals surface area contributed by atoms with Gasteiger partial charge in [-0.1, -0.05) is 0 Å². The maximum Gasteiger partial charge on any atom is 0.322 e. The molecule has 0 radical (unpaired) electrons. The molecule has 7 heteroatoms. The molecule has 108 valence electrons. The van der Waals surface area contributed by atoms with E-state index in [0.717, 1.165) is 0 Å². The Bertz CT molecular complexity index is 388. The van der Waals surface area contributed by atoms with Gasteiger partial charge < -0.3 is 15.7 Å². The molecule has 0 aromatic rings. The molecule has 1 fully saturated rings. The molecule has 0 aliphatic heterocycles. The summed E-state index contributed by atoms with van der Waals surface area (Å²) < 4.78 is 0. The van der Waals surface area contributed by atoms with E-state index in [2.05, 4.69) is 10.6 Å². The summed E-state index contributed by atoms with van der Waals surface area (Å²) in [6.07, 6.45) is 0.125. The Morgan fingerprint density at radius 3 is 2.63 bits per heavy atom. The van der Waals surface area contributed by atoms with E-state index in [0.29, 0.717) is 18.6 Å². The first-order valence-electron chi connectivity index (χ1n) is 6.13. The van der Waals surface area contributed by atoms with Gasteiger partial charge in [-0.25, -0.2) is 0 Å². The van der Waals surface area contributed by atoms with Crippen molar-refractivity contribution in [1.29, 1.82) is 0 Å². The second kappa shape index (κ2) is 6.38. The maximum absolute atomic E-state index is 11.9. The standard InChI is InChI=1S/C12H20N2O4S/c1-7(15)14-12(2,11(18)13-3)6-19-8-4-9(16)10(17)5-8/h8-9,16H,4-6H2,1-3H3,(H,13,18)(H,14,15)/p+1/t8-,9?,12?/m1/s1. The fraction of sp³-hybridized carbons (Fsp3) is 0.750. The van der Waals surface area contributed by atoms with Crippen LogP contribution >= 0.6 is 11.8 Å². The van der Waals surface area contributed by atoms with Crippen molar-refractivity contribution in [1.82, 2.24) is 10.6 Å². The van der Waals surface area contributed by atoms with Crippen molar-refractivity contribution in [3.63, 3.8) is 0 Å². The lowest BCUT2D eigenvalue weighted by Crippen LogP contribution is -2.57. The monoisotopic (exact) mass is 289 g/mol. The molecule has 6 nitrogen and oxygen atoms in total. The van der Waals surface area contributed by atoms with Gasteiger partial charge in [-0.05, 0) is 13.3 Å². The molecular weight excluding hydrogens is 268 g/mol. The zero-order valence-electron chi connectivity index (χ0n) is 11.4. The molecule has 0 bridgehead atoms. The average molecular weight is 289 g/mol. The van der Waals surface area contributed by atoms with Crippen molar-refractivity contribution in [2.24, 2.45) is 0 Å². The minimum Gasteiger partial charge on any atom is -0.380 e.